The van der Waals surface area contributed by atoms with Gasteiger partial charge in [0.1, 0.15) is 5.75 Å². The highest BCUT2D eigenvalue weighted by Crippen LogP contribution is 2.26. The Morgan fingerprint density at radius 2 is 1.88 bits per heavy atom. The molecule has 0 spiro atoms. The molecule has 32 heavy (non-hydrogen) atoms. The summed E-state index contributed by atoms with van der Waals surface area (Å²) in [5.74, 6) is 0.471. The van der Waals surface area contributed by atoms with Crippen molar-refractivity contribution in [3.63, 3.8) is 0 Å². The predicted molar refractivity (Wildman–Crippen MR) is 123 cm³/mol. The number of methoxy groups -OCH3 is 1. The Morgan fingerprint density at radius 3 is 2.66 bits per heavy atom. The Balaban J connectivity index is 1.60. The first-order valence-corrected chi connectivity index (χ1v) is 10.6. The summed E-state index contributed by atoms with van der Waals surface area (Å²) in [7, 11) is 1.58. The number of fused-ring (bicyclic) bond motifs is 1. The van der Waals surface area contributed by atoms with Crippen LogP contribution < -0.4 is 10.1 Å². The van der Waals surface area contributed by atoms with Crippen LogP contribution in [0.3, 0.4) is 0 Å². The minimum absolute atomic E-state index is 0.0105. The molecule has 3 aromatic rings. The van der Waals surface area contributed by atoms with Gasteiger partial charge in [-0.15, -0.1) is 0 Å². The molecule has 0 radical (unpaired) electrons. The van der Waals surface area contributed by atoms with Crippen LogP contribution in [0.2, 0.25) is 0 Å². The smallest absolute Gasteiger partial charge is 0.254 e. The average Bonchev–Trinajstić information content (AvgIpc) is 2.83. The van der Waals surface area contributed by atoms with E-state index in [1.54, 1.807) is 30.2 Å². The van der Waals surface area contributed by atoms with E-state index in [-0.39, 0.29) is 18.4 Å². The van der Waals surface area contributed by atoms with Gasteiger partial charge in [0, 0.05) is 24.2 Å². The summed E-state index contributed by atoms with van der Waals surface area (Å²) in [6.45, 7) is 0.503. The molecule has 1 unspecified atom stereocenters. The van der Waals surface area contributed by atoms with E-state index in [2.05, 4.69) is 5.32 Å². The van der Waals surface area contributed by atoms with E-state index in [4.69, 9.17) is 4.74 Å². The van der Waals surface area contributed by atoms with Gasteiger partial charge in [0.25, 0.3) is 5.91 Å². The van der Waals surface area contributed by atoms with Crippen molar-refractivity contribution in [1.82, 2.24) is 4.90 Å². The third-order valence-corrected chi connectivity index (χ3v) is 5.62. The molecule has 0 saturated carbocycles. The lowest BCUT2D eigenvalue weighted by atomic mass is 9.99. The number of aryl methyl sites for hydroxylation is 1. The maximum atomic E-state index is 13.5. The second-order valence-electron chi connectivity index (χ2n) is 7.88. The number of carbonyl (C=O) groups excluding carboxylic acids is 2. The molecular weight excluding hydrogens is 404 g/mol. The minimum Gasteiger partial charge on any atom is -0.497 e. The van der Waals surface area contributed by atoms with E-state index < -0.39 is 6.10 Å². The highest BCUT2D eigenvalue weighted by atomic mass is 16.5. The van der Waals surface area contributed by atoms with Crippen LogP contribution in [0, 0.1) is 0 Å². The van der Waals surface area contributed by atoms with Crippen molar-refractivity contribution in [2.75, 3.05) is 19.0 Å². The zero-order chi connectivity index (χ0) is 22.5. The van der Waals surface area contributed by atoms with Crippen LogP contribution in [0.4, 0.5) is 5.69 Å². The van der Waals surface area contributed by atoms with Crippen molar-refractivity contribution in [3.8, 4) is 5.75 Å². The third-order valence-electron chi connectivity index (χ3n) is 5.62. The summed E-state index contributed by atoms with van der Waals surface area (Å²) in [6, 6.07) is 22.3. The largest absolute Gasteiger partial charge is 0.497 e. The fraction of sp³-hybridized carbons (Fsp3) is 0.231. The molecule has 6 nitrogen and oxygen atoms in total. The molecule has 1 atom stereocenters. The molecule has 1 heterocycles. The standard InChI is InChI=1S/C26H26N2O4/c1-32-22-9-5-8-20(15-22)24(29)17-28(16-18-6-3-2-4-7-18)26(31)21-10-12-23-19(14-21)11-13-25(30)27-23/h2-10,12,14-15,24,29H,11,13,16-17H2,1H3,(H,27,30). The monoisotopic (exact) mass is 430 g/mol. The molecule has 0 fully saturated rings. The number of aliphatic hydroxyl groups is 1. The summed E-state index contributed by atoms with van der Waals surface area (Å²) < 4.78 is 5.26. The normalized spacial score (nSPS) is 13.6. The molecule has 0 aromatic heterocycles. The van der Waals surface area contributed by atoms with Crippen LogP contribution in [0.1, 0.15) is 39.6 Å². The van der Waals surface area contributed by atoms with Crippen molar-refractivity contribution < 1.29 is 19.4 Å². The number of aliphatic hydroxyl groups excluding tert-OH is 1. The lowest BCUT2D eigenvalue weighted by molar-refractivity contribution is -0.116. The molecule has 4 rings (SSSR count). The van der Waals surface area contributed by atoms with Gasteiger partial charge in [0.2, 0.25) is 5.91 Å². The van der Waals surface area contributed by atoms with Crippen LogP contribution >= 0.6 is 0 Å². The molecule has 2 N–H and O–H groups in total. The van der Waals surface area contributed by atoms with Crippen LogP contribution in [-0.4, -0.2) is 35.5 Å². The van der Waals surface area contributed by atoms with Gasteiger partial charge in [-0.3, -0.25) is 9.59 Å². The number of amides is 2. The van der Waals surface area contributed by atoms with Crippen molar-refractivity contribution >= 4 is 17.5 Å². The van der Waals surface area contributed by atoms with Crippen LogP contribution in [-0.2, 0) is 17.8 Å². The second kappa shape index (κ2) is 9.66. The average molecular weight is 431 g/mol. The molecule has 0 aliphatic carbocycles. The van der Waals surface area contributed by atoms with E-state index in [1.807, 2.05) is 54.6 Å². The number of anilines is 1. The van der Waals surface area contributed by atoms with Crippen LogP contribution in [0.15, 0.2) is 72.8 Å². The van der Waals surface area contributed by atoms with Gasteiger partial charge in [0.05, 0.1) is 19.8 Å². The molecule has 0 bridgehead atoms. The first-order chi connectivity index (χ1) is 15.5. The molecular formula is C26H26N2O4. The maximum absolute atomic E-state index is 13.5. The third kappa shape index (κ3) is 4.98. The highest BCUT2D eigenvalue weighted by molar-refractivity contribution is 5.98. The number of benzene rings is 3. The topological polar surface area (TPSA) is 78.9 Å². The summed E-state index contributed by atoms with van der Waals surface area (Å²) >= 11 is 0. The highest BCUT2D eigenvalue weighted by Gasteiger charge is 2.23. The quantitative estimate of drug-likeness (QED) is 0.595. The van der Waals surface area contributed by atoms with Gasteiger partial charge in [-0.05, 0) is 53.4 Å². The maximum Gasteiger partial charge on any atom is 0.254 e. The van der Waals surface area contributed by atoms with Crippen molar-refractivity contribution in [1.29, 1.82) is 0 Å². The predicted octanol–water partition coefficient (Wildman–Crippen LogP) is 3.96. The number of nitrogens with zero attached hydrogens (tertiary/aromatic N) is 1. The van der Waals surface area contributed by atoms with Gasteiger partial charge < -0.3 is 20.1 Å². The summed E-state index contributed by atoms with van der Waals surface area (Å²) in [5, 5.41) is 13.8. The molecule has 6 heteroatoms. The number of carbonyl (C=O) groups is 2. The lowest BCUT2D eigenvalue weighted by Gasteiger charge is -2.27. The molecule has 0 saturated heterocycles. The van der Waals surface area contributed by atoms with Gasteiger partial charge >= 0.3 is 0 Å². The Bertz CT molecular complexity index is 1110. The number of ether oxygens (including phenoxy) is 1. The Kier molecular flexibility index (Phi) is 6.52. The van der Waals surface area contributed by atoms with Gasteiger partial charge in [0.15, 0.2) is 0 Å². The summed E-state index contributed by atoms with van der Waals surface area (Å²) in [4.78, 5) is 26.8. The first kappa shape index (κ1) is 21.6. The minimum atomic E-state index is -0.866. The summed E-state index contributed by atoms with van der Waals surface area (Å²) in [5.41, 5.74) is 3.90. The Morgan fingerprint density at radius 1 is 1.06 bits per heavy atom. The van der Waals surface area contributed by atoms with E-state index in [0.717, 1.165) is 16.8 Å². The van der Waals surface area contributed by atoms with Crippen LogP contribution in [0.25, 0.3) is 0 Å². The number of nitrogens with one attached hydrogen (secondary N) is 1. The van der Waals surface area contributed by atoms with Gasteiger partial charge in [-0.1, -0.05) is 42.5 Å². The van der Waals surface area contributed by atoms with Crippen molar-refractivity contribution in [2.24, 2.45) is 0 Å². The fourth-order valence-corrected chi connectivity index (χ4v) is 3.89. The Labute approximate surface area is 187 Å². The second-order valence-corrected chi connectivity index (χ2v) is 7.88. The van der Waals surface area contributed by atoms with Crippen molar-refractivity contribution in [3.05, 3.63) is 95.1 Å². The SMILES string of the molecule is COc1cccc(C(O)CN(Cc2ccccc2)C(=O)c2ccc3c(c2)CCC(=O)N3)c1. The van der Waals surface area contributed by atoms with Crippen molar-refractivity contribution in [2.45, 2.75) is 25.5 Å². The van der Waals surface area contributed by atoms with E-state index in [0.29, 0.717) is 36.3 Å². The Hall–Kier alpha value is -3.64. The molecule has 1 aliphatic rings. The first-order valence-electron chi connectivity index (χ1n) is 10.6. The lowest BCUT2D eigenvalue weighted by Crippen LogP contribution is -2.34. The molecule has 164 valence electrons. The molecule has 1 aliphatic heterocycles. The number of hydrogen-bond donors (Lipinski definition) is 2. The zero-order valence-electron chi connectivity index (χ0n) is 18.0. The molecule has 2 amide bonds. The molecule has 3 aromatic carbocycles. The van der Waals surface area contributed by atoms with E-state index in [1.165, 1.54) is 0 Å². The van der Waals surface area contributed by atoms with E-state index in [9.17, 15) is 14.7 Å². The fourth-order valence-electron chi connectivity index (χ4n) is 3.89. The summed E-state index contributed by atoms with van der Waals surface area (Å²) in [6.07, 6.45) is 0.148. The zero-order valence-corrected chi connectivity index (χ0v) is 18.0. The number of rotatable bonds is 7. The van der Waals surface area contributed by atoms with E-state index >= 15 is 0 Å². The van der Waals surface area contributed by atoms with Crippen LogP contribution in [0.5, 0.6) is 5.75 Å². The van der Waals surface area contributed by atoms with Gasteiger partial charge in [-0.25, -0.2) is 0 Å². The number of hydrogen-bond acceptors (Lipinski definition) is 4. The van der Waals surface area contributed by atoms with Gasteiger partial charge in [-0.2, -0.15) is 0 Å².